The van der Waals surface area contributed by atoms with E-state index in [-0.39, 0.29) is 22.7 Å². The molecule has 27 heavy (non-hydrogen) atoms. The van der Waals surface area contributed by atoms with Crippen molar-refractivity contribution in [3.63, 3.8) is 0 Å². The van der Waals surface area contributed by atoms with Crippen molar-refractivity contribution in [1.82, 2.24) is 0 Å². The van der Waals surface area contributed by atoms with E-state index in [1.54, 1.807) is 23.5 Å². The number of nitrogens with one attached hydrogen (secondary N) is 2. The molecule has 0 bridgehead atoms. The number of aliphatic imine (C=N–C) groups is 1. The van der Waals surface area contributed by atoms with Crippen LogP contribution in [-0.4, -0.2) is 22.4 Å². The fourth-order valence-electron chi connectivity index (χ4n) is 2.64. The first kappa shape index (κ1) is 19.4. The van der Waals surface area contributed by atoms with E-state index < -0.39 is 4.92 Å². The van der Waals surface area contributed by atoms with E-state index in [9.17, 15) is 14.9 Å². The largest absolute Gasteiger partial charge is 0.335 e. The van der Waals surface area contributed by atoms with Crippen LogP contribution in [0, 0.1) is 10.1 Å². The van der Waals surface area contributed by atoms with Gasteiger partial charge in [0.2, 0.25) is 5.91 Å². The summed E-state index contributed by atoms with van der Waals surface area (Å²) in [5.74, 6) is 0.924. The molecule has 0 aliphatic carbocycles. The highest BCUT2D eigenvalue weighted by molar-refractivity contribution is 8.00. The molecule has 2 N–H and O–H groups in total. The number of benzene rings is 1. The second-order valence-corrected chi connectivity index (χ2v) is 8.13. The molecule has 2 heterocycles. The zero-order valence-electron chi connectivity index (χ0n) is 15.0. The molecule has 0 saturated carbocycles. The summed E-state index contributed by atoms with van der Waals surface area (Å²) in [6.45, 7) is 4.16. The maximum atomic E-state index is 12.3. The second kappa shape index (κ2) is 8.53. The van der Waals surface area contributed by atoms with Crippen molar-refractivity contribution in [1.29, 1.82) is 0 Å². The molecule has 9 heteroatoms. The van der Waals surface area contributed by atoms with Gasteiger partial charge in [-0.1, -0.05) is 19.9 Å². The summed E-state index contributed by atoms with van der Waals surface area (Å²) < 4.78 is 0. The van der Waals surface area contributed by atoms with Crippen LogP contribution in [0.1, 0.15) is 36.1 Å². The normalized spacial score (nSPS) is 15.5. The number of non-ortho nitro benzene ring substituents is 1. The zero-order chi connectivity index (χ0) is 19.4. The predicted molar refractivity (Wildman–Crippen MR) is 112 cm³/mol. The average molecular weight is 405 g/mol. The van der Waals surface area contributed by atoms with E-state index in [1.807, 2.05) is 6.92 Å². The number of hydrogen-bond donors (Lipinski definition) is 2. The minimum atomic E-state index is -0.482. The number of thioether (sulfide) groups is 1. The molecule has 142 valence electrons. The molecule has 1 aliphatic heterocycles. The molecule has 7 nitrogen and oxygen atoms in total. The summed E-state index contributed by atoms with van der Waals surface area (Å²) >= 11 is 3.18. The number of hydrogen-bond acceptors (Lipinski definition) is 7. The number of amidine groups is 1. The van der Waals surface area contributed by atoms with Crippen molar-refractivity contribution in [3.05, 3.63) is 50.9 Å². The fraction of sp³-hybridized carbons (Fsp3) is 0.333. The molecule has 1 atom stereocenters. The van der Waals surface area contributed by atoms with Gasteiger partial charge < -0.3 is 10.6 Å². The second-order valence-electron chi connectivity index (χ2n) is 5.92. The fourth-order valence-corrected chi connectivity index (χ4v) is 4.72. The summed E-state index contributed by atoms with van der Waals surface area (Å²) in [5.41, 5.74) is 1.48. The Morgan fingerprint density at radius 3 is 2.89 bits per heavy atom. The maximum Gasteiger partial charge on any atom is 0.271 e. The van der Waals surface area contributed by atoms with Crippen LogP contribution >= 0.6 is 23.1 Å². The minimum absolute atomic E-state index is 0.0500. The Balaban J connectivity index is 1.66. The van der Waals surface area contributed by atoms with Gasteiger partial charge in [0.05, 0.1) is 10.7 Å². The van der Waals surface area contributed by atoms with E-state index in [0.29, 0.717) is 5.69 Å². The predicted octanol–water partition coefficient (Wildman–Crippen LogP) is 4.82. The SMILES string of the molecule is CCC1=NC(SCC(=O)Nc2cccc([N+](=O)[O-])c2)c2cc(CC)sc2N1. The molecule has 0 saturated heterocycles. The van der Waals surface area contributed by atoms with Crippen molar-refractivity contribution in [2.45, 2.75) is 32.1 Å². The maximum absolute atomic E-state index is 12.3. The van der Waals surface area contributed by atoms with Gasteiger partial charge in [-0.3, -0.25) is 19.9 Å². The molecule has 0 spiro atoms. The Morgan fingerprint density at radius 1 is 1.37 bits per heavy atom. The Morgan fingerprint density at radius 2 is 2.19 bits per heavy atom. The number of amides is 1. The molecule has 2 aromatic rings. The van der Waals surface area contributed by atoms with Crippen LogP contribution < -0.4 is 10.6 Å². The number of rotatable bonds is 7. The van der Waals surface area contributed by atoms with Crippen molar-refractivity contribution in [2.75, 3.05) is 16.4 Å². The van der Waals surface area contributed by atoms with Gasteiger partial charge in [-0.2, -0.15) is 0 Å². The number of carbonyl (C=O) groups excluding carboxylic acids is 1. The number of nitrogens with zero attached hydrogens (tertiary/aromatic N) is 2. The van der Waals surface area contributed by atoms with Crippen molar-refractivity contribution in [2.24, 2.45) is 4.99 Å². The molecule has 0 radical (unpaired) electrons. The standard InChI is InChI=1S/C18H20N4O3S2/c1-3-13-9-14-17(20-15(4-2)21-18(14)27-13)26-10-16(23)19-11-6-5-7-12(8-11)22(24)25/h5-9,17H,3-4,10H2,1-2H3,(H,19,23)(H,20,21). The third-order valence-corrected chi connectivity index (χ3v) is 6.32. The van der Waals surface area contributed by atoms with E-state index in [1.165, 1.54) is 28.8 Å². The molecule has 0 fully saturated rings. The first-order chi connectivity index (χ1) is 13.0. The smallest absolute Gasteiger partial charge is 0.271 e. The van der Waals surface area contributed by atoms with Gasteiger partial charge in [0.15, 0.2) is 0 Å². The highest BCUT2D eigenvalue weighted by atomic mass is 32.2. The van der Waals surface area contributed by atoms with Crippen LogP contribution in [0.4, 0.5) is 16.4 Å². The molecule has 1 aromatic heterocycles. The van der Waals surface area contributed by atoms with Gasteiger partial charge in [-0.15, -0.1) is 23.1 Å². The number of fused-ring (bicyclic) bond motifs is 1. The quantitative estimate of drug-likeness (QED) is 0.509. The summed E-state index contributed by atoms with van der Waals surface area (Å²) in [7, 11) is 0. The van der Waals surface area contributed by atoms with Gasteiger partial charge in [0.1, 0.15) is 16.2 Å². The Labute approximate surface area is 165 Å². The molecule has 1 aliphatic rings. The van der Waals surface area contributed by atoms with Crippen LogP contribution in [0.25, 0.3) is 0 Å². The average Bonchev–Trinajstić information content (AvgIpc) is 3.09. The number of aryl methyl sites for hydroxylation is 1. The first-order valence-corrected chi connectivity index (χ1v) is 10.5. The van der Waals surface area contributed by atoms with Crippen molar-refractivity contribution >= 4 is 51.2 Å². The summed E-state index contributed by atoms with van der Waals surface area (Å²) in [6, 6.07) is 8.08. The van der Waals surface area contributed by atoms with Crippen molar-refractivity contribution < 1.29 is 9.72 Å². The molecule has 1 aromatic carbocycles. The van der Waals surface area contributed by atoms with E-state index in [4.69, 9.17) is 4.99 Å². The van der Waals surface area contributed by atoms with Gasteiger partial charge in [-0.25, -0.2) is 0 Å². The number of thiophene rings is 1. The van der Waals surface area contributed by atoms with E-state index in [0.717, 1.165) is 29.2 Å². The highest BCUT2D eigenvalue weighted by Gasteiger charge is 2.24. The van der Waals surface area contributed by atoms with Crippen LogP contribution in [0.2, 0.25) is 0 Å². The lowest BCUT2D eigenvalue weighted by Gasteiger charge is -2.21. The molecule has 1 amide bonds. The third kappa shape index (κ3) is 4.67. The third-order valence-electron chi connectivity index (χ3n) is 4.01. The number of anilines is 2. The zero-order valence-corrected chi connectivity index (χ0v) is 16.7. The first-order valence-electron chi connectivity index (χ1n) is 8.62. The van der Waals surface area contributed by atoms with Crippen LogP contribution in [0.3, 0.4) is 0 Å². The Kier molecular flexibility index (Phi) is 6.12. The topological polar surface area (TPSA) is 96.6 Å². The lowest BCUT2D eigenvalue weighted by molar-refractivity contribution is -0.384. The minimum Gasteiger partial charge on any atom is -0.335 e. The lowest BCUT2D eigenvalue weighted by atomic mass is 10.2. The summed E-state index contributed by atoms with van der Waals surface area (Å²) in [5, 5.41) is 17.9. The van der Waals surface area contributed by atoms with Crippen LogP contribution in [0.15, 0.2) is 35.3 Å². The van der Waals surface area contributed by atoms with Gasteiger partial charge >= 0.3 is 0 Å². The number of nitro benzene ring substituents is 1. The Bertz CT molecular complexity index is 894. The molecule has 3 rings (SSSR count). The van der Waals surface area contributed by atoms with Gasteiger partial charge in [0, 0.05) is 34.7 Å². The Hall–Kier alpha value is -2.39. The van der Waals surface area contributed by atoms with Crippen LogP contribution in [-0.2, 0) is 11.2 Å². The molecule has 1 unspecified atom stereocenters. The summed E-state index contributed by atoms with van der Waals surface area (Å²) in [6.07, 6.45) is 1.77. The van der Waals surface area contributed by atoms with Gasteiger partial charge in [0.25, 0.3) is 5.69 Å². The lowest BCUT2D eigenvalue weighted by Crippen LogP contribution is -2.19. The van der Waals surface area contributed by atoms with Crippen LogP contribution in [0.5, 0.6) is 0 Å². The summed E-state index contributed by atoms with van der Waals surface area (Å²) in [4.78, 5) is 28.7. The molecular weight excluding hydrogens is 384 g/mol. The number of carbonyl (C=O) groups is 1. The van der Waals surface area contributed by atoms with E-state index >= 15 is 0 Å². The molecular formula is C18H20N4O3S2. The number of nitro groups is 1. The van der Waals surface area contributed by atoms with Gasteiger partial charge in [-0.05, 0) is 18.6 Å². The van der Waals surface area contributed by atoms with Crippen molar-refractivity contribution in [3.8, 4) is 0 Å². The highest BCUT2D eigenvalue weighted by Crippen LogP contribution is 2.43. The van der Waals surface area contributed by atoms with E-state index in [2.05, 4.69) is 23.6 Å². The monoisotopic (exact) mass is 404 g/mol.